The lowest BCUT2D eigenvalue weighted by atomic mass is 10.2. The summed E-state index contributed by atoms with van der Waals surface area (Å²) in [6, 6.07) is 13.3. The summed E-state index contributed by atoms with van der Waals surface area (Å²) in [7, 11) is 3.95. The number of aryl methyl sites for hydroxylation is 1. The SMILES string of the molecule is Cc1occc1-c1nnc(SCC(=O)Nc2ccc(N(C)C)cc2)n1Cc1ccco1. The highest BCUT2D eigenvalue weighted by molar-refractivity contribution is 7.99. The molecule has 0 saturated carbocycles. The molecule has 1 amide bonds. The number of hydrogen-bond acceptors (Lipinski definition) is 7. The number of furan rings is 2. The molecule has 160 valence electrons. The van der Waals surface area contributed by atoms with E-state index in [9.17, 15) is 4.79 Å². The van der Waals surface area contributed by atoms with Gasteiger partial charge in [0.25, 0.3) is 0 Å². The standard InChI is InChI=1S/C22H23N5O3S/c1-15-19(10-12-29-15)21-24-25-22(27(21)13-18-5-4-11-30-18)31-14-20(28)23-16-6-8-17(9-7-16)26(2)3/h4-12H,13-14H2,1-3H3,(H,23,28). The van der Waals surface area contributed by atoms with Crippen molar-refractivity contribution in [3.8, 4) is 11.4 Å². The third-order valence-electron chi connectivity index (χ3n) is 4.71. The highest BCUT2D eigenvalue weighted by Crippen LogP contribution is 2.28. The molecule has 0 spiro atoms. The van der Waals surface area contributed by atoms with Crippen molar-refractivity contribution in [2.24, 2.45) is 0 Å². The fourth-order valence-corrected chi connectivity index (χ4v) is 3.82. The number of hydrogen-bond donors (Lipinski definition) is 1. The lowest BCUT2D eigenvalue weighted by Crippen LogP contribution is -2.15. The number of nitrogens with one attached hydrogen (secondary N) is 1. The molecule has 0 aliphatic carbocycles. The summed E-state index contributed by atoms with van der Waals surface area (Å²) in [5.41, 5.74) is 2.68. The van der Waals surface area contributed by atoms with Crippen LogP contribution in [0.5, 0.6) is 0 Å². The van der Waals surface area contributed by atoms with Gasteiger partial charge in [-0.3, -0.25) is 9.36 Å². The quantitative estimate of drug-likeness (QED) is 0.411. The molecule has 3 aromatic heterocycles. The number of anilines is 2. The first-order chi connectivity index (χ1) is 15.0. The Morgan fingerprint density at radius 1 is 1.10 bits per heavy atom. The van der Waals surface area contributed by atoms with Crippen molar-refractivity contribution in [3.63, 3.8) is 0 Å². The molecule has 0 radical (unpaired) electrons. The van der Waals surface area contributed by atoms with E-state index in [1.165, 1.54) is 11.8 Å². The summed E-state index contributed by atoms with van der Waals surface area (Å²) >= 11 is 1.33. The number of amides is 1. The van der Waals surface area contributed by atoms with Crippen LogP contribution in [0.3, 0.4) is 0 Å². The van der Waals surface area contributed by atoms with E-state index in [0.717, 1.165) is 28.5 Å². The van der Waals surface area contributed by atoms with Gasteiger partial charge in [0.2, 0.25) is 5.91 Å². The molecule has 0 aliphatic heterocycles. The van der Waals surface area contributed by atoms with Crippen LogP contribution in [0, 0.1) is 6.92 Å². The van der Waals surface area contributed by atoms with Crippen molar-refractivity contribution in [2.75, 3.05) is 30.1 Å². The summed E-state index contributed by atoms with van der Waals surface area (Å²) in [6.07, 6.45) is 3.25. The van der Waals surface area contributed by atoms with Gasteiger partial charge < -0.3 is 19.1 Å². The van der Waals surface area contributed by atoms with Gasteiger partial charge in [-0.15, -0.1) is 10.2 Å². The number of benzene rings is 1. The zero-order chi connectivity index (χ0) is 21.8. The normalized spacial score (nSPS) is 10.9. The minimum Gasteiger partial charge on any atom is -0.469 e. The molecule has 31 heavy (non-hydrogen) atoms. The van der Waals surface area contributed by atoms with E-state index in [1.54, 1.807) is 12.5 Å². The van der Waals surface area contributed by atoms with Gasteiger partial charge in [0.1, 0.15) is 11.5 Å². The maximum absolute atomic E-state index is 12.5. The lowest BCUT2D eigenvalue weighted by Gasteiger charge is -2.13. The van der Waals surface area contributed by atoms with E-state index in [0.29, 0.717) is 17.5 Å². The van der Waals surface area contributed by atoms with Gasteiger partial charge in [0, 0.05) is 25.5 Å². The molecule has 0 atom stereocenters. The maximum atomic E-state index is 12.5. The first kappa shape index (κ1) is 20.8. The molecule has 0 fully saturated rings. The number of thioether (sulfide) groups is 1. The van der Waals surface area contributed by atoms with Crippen molar-refractivity contribution in [3.05, 3.63) is 66.5 Å². The number of carbonyl (C=O) groups excluding carboxylic acids is 1. The molecule has 8 nitrogen and oxygen atoms in total. The van der Waals surface area contributed by atoms with Crippen LogP contribution in [-0.4, -0.2) is 40.5 Å². The second kappa shape index (κ2) is 9.13. The Morgan fingerprint density at radius 2 is 1.90 bits per heavy atom. The molecule has 0 saturated heterocycles. The minimum atomic E-state index is -0.115. The second-order valence-corrected chi connectivity index (χ2v) is 8.08. The average molecular weight is 438 g/mol. The van der Waals surface area contributed by atoms with Crippen LogP contribution in [0.15, 0.2) is 69.0 Å². The summed E-state index contributed by atoms with van der Waals surface area (Å²) in [5.74, 6) is 2.29. The molecule has 4 aromatic rings. The zero-order valence-corrected chi connectivity index (χ0v) is 18.3. The first-order valence-corrected chi connectivity index (χ1v) is 10.7. The smallest absolute Gasteiger partial charge is 0.234 e. The van der Waals surface area contributed by atoms with Crippen LogP contribution in [0.4, 0.5) is 11.4 Å². The van der Waals surface area contributed by atoms with Gasteiger partial charge in [0.15, 0.2) is 11.0 Å². The van der Waals surface area contributed by atoms with E-state index >= 15 is 0 Å². The van der Waals surface area contributed by atoms with E-state index in [4.69, 9.17) is 8.83 Å². The summed E-state index contributed by atoms with van der Waals surface area (Å²) in [4.78, 5) is 14.5. The molecule has 0 bridgehead atoms. The topological polar surface area (TPSA) is 89.3 Å². The van der Waals surface area contributed by atoms with Crippen LogP contribution in [0.2, 0.25) is 0 Å². The molecule has 1 N–H and O–H groups in total. The Hall–Kier alpha value is -3.46. The van der Waals surface area contributed by atoms with Crippen LogP contribution in [0.25, 0.3) is 11.4 Å². The fraction of sp³-hybridized carbons (Fsp3) is 0.227. The number of carbonyl (C=O) groups is 1. The Kier molecular flexibility index (Phi) is 6.13. The highest BCUT2D eigenvalue weighted by atomic mass is 32.2. The van der Waals surface area contributed by atoms with Crippen LogP contribution in [-0.2, 0) is 11.3 Å². The summed E-state index contributed by atoms with van der Waals surface area (Å²) in [5, 5.41) is 12.2. The zero-order valence-electron chi connectivity index (χ0n) is 17.5. The van der Waals surface area contributed by atoms with Gasteiger partial charge in [-0.25, -0.2) is 0 Å². The first-order valence-electron chi connectivity index (χ1n) is 9.71. The predicted molar refractivity (Wildman–Crippen MR) is 120 cm³/mol. The van der Waals surface area contributed by atoms with Crippen molar-refractivity contribution in [2.45, 2.75) is 18.6 Å². The molecular weight excluding hydrogens is 414 g/mol. The number of aromatic nitrogens is 3. The van der Waals surface area contributed by atoms with Crippen LogP contribution >= 0.6 is 11.8 Å². The maximum Gasteiger partial charge on any atom is 0.234 e. The Bertz CT molecular complexity index is 1150. The number of rotatable bonds is 8. The molecule has 0 aliphatic rings. The van der Waals surface area contributed by atoms with Gasteiger partial charge in [-0.05, 0) is 49.4 Å². The largest absolute Gasteiger partial charge is 0.469 e. The highest BCUT2D eigenvalue weighted by Gasteiger charge is 2.19. The lowest BCUT2D eigenvalue weighted by molar-refractivity contribution is -0.113. The van der Waals surface area contributed by atoms with Crippen molar-refractivity contribution in [1.29, 1.82) is 0 Å². The molecular formula is C22H23N5O3S. The van der Waals surface area contributed by atoms with E-state index < -0.39 is 0 Å². The molecule has 4 rings (SSSR count). The van der Waals surface area contributed by atoms with Crippen LogP contribution < -0.4 is 10.2 Å². The van der Waals surface area contributed by atoms with Gasteiger partial charge >= 0.3 is 0 Å². The second-order valence-electron chi connectivity index (χ2n) is 7.14. The third-order valence-corrected chi connectivity index (χ3v) is 5.68. The van der Waals surface area contributed by atoms with Crippen molar-refractivity contribution >= 4 is 29.0 Å². The Balaban J connectivity index is 1.48. The van der Waals surface area contributed by atoms with Gasteiger partial charge in [-0.1, -0.05) is 11.8 Å². The molecule has 3 heterocycles. The minimum absolute atomic E-state index is 0.115. The van der Waals surface area contributed by atoms with E-state index in [2.05, 4.69) is 15.5 Å². The molecule has 9 heteroatoms. The third kappa shape index (κ3) is 4.83. The average Bonchev–Trinajstić information content (AvgIpc) is 3.49. The monoisotopic (exact) mass is 437 g/mol. The summed E-state index contributed by atoms with van der Waals surface area (Å²) in [6.45, 7) is 2.33. The number of nitrogens with zero attached hydrogens (tertiary/aromatic N) is 4. The van der Waals surface area contributed by atoms with Gasteiger partial charge in [0.05, 0.1) is 30.4 Å². The van der Waals surface area contributed by atoms with Crippen LogP contribution in [0.1, 0.15) is 11.5 Å². The Labute approximate surface area is 184 Å². The van der Waals surface area contributed by atoms with Crippen molar-refractivity contribution in [1.82, 2.24) is 14.8 Å². The summed E-state index contributed by atoms with van der Waals surface area (Å²) < 4.78 is 12.9. The molecule has 0 unspecified atom stereocenters. The Morgan fingerprint density at radius 3 is 2.55 bits per heavy atom. The van der Waals surface area contributed by atoms with Gasteiger partial charge in [-0.2, -0.15) is 0 Å². The predicted octanol–water partition coefficient (Wildman–Crippen LogP) is 4.28. The molecule has 1 aromatic carbocycles. The fourth-order valence-electron chi connectivity index (χ4n) is 3.08. The van der Waals surface area contributed by atoms with E-state index in [1.807, 2.05) is 73.0 Å². The van der Waals surface area contributed by atoms with E-state index in [-0.39, 0.29) is 11.7 Å². The van der Waals surface area contributed by atoms with Crippen molar-refractivity contribution < 1.29 is 13.6 Å².